The minimum atomic E-state index is -0.371. The zero-order valence-corrected chi connectivity index (χ0v) is 11.9. The lowest BCUT2D eigenvalue weighted by molar-refractivity contribution is -0.00211. The van der Waals surface area contributed by atoms with Crippen molar-refractivity contribution in [3.63, 3.8) is 0 Å². The highest BCUT2D eigenvalue weighted by Crippen LogP contribution is 2.23. The van der Waals surface area contributed by atoms with E-state index in [0.717, 1.165) is 13.1 Å². The van der Waals surface area contributed by atoms with Gasteiger partial charge in [-0.2, -0.15) is 0 Å². The van der Waals surface area contributed by atoms with Crippen LogP contribution in [0.15, 0.2) is 0 Å². The summed E-state index contributed by atoms with van der Waals surface area (Å²) in [6.07, 6.45) is 2.34. The molecule has 0 unspecified atom stereocenters. The molecule has 0 spiro atoms. The fourth-order valence-corrected chi connectivity index (χ4v) is 2.03. The van der Waals surface area contributed by atoms with Crippen LogP contribution in [0.25, 0.3) is 0 Å². The van der Waals surface area contributed by atoms with E-state index in [-0.39, 0.29) is 11.7 Å². The molecule has 0 aromatic heterocycles. The van der Waals surface area contributed by atoms with Crippen LogP contribution in [0.5, 0.6) is 0 Å². The third-order valence-corrected chi connectivity index (χ3v) is 3.12. The molecule has 0 aromatic rings. The maximum atomic E-state index is 11.6. The molecule has 0 atom stereocenters. The third kappa shape index (κ3) is 4.57. The Kier molecular flexibility index (Phi) is 4.67. The molecule has 1 saturated heterocycles. The van der Waals surface area contributed by atoms with Crippen molar-refractivity contribution in [2.45, 2.75) is 39.2 Å². The first kappa shape index (κ1) is 13.1. The van der Waals surface area contributed by atoms with Crippen molar-refractivity contribution in [3.8, 4) is 0 Å². The Morgan fingerprint density at radius 3 is 2.53 bits per heavy atom. The molecule has 1 fully saturated rings. The highest BCUT2D eigenvalue weighted by atomic mass is 127. The van der Waals surface area contributed by atoms with Crippen LogP contribution in [0, 0.1) is 5.92 Å². The maximum Gasteiger partial charge on any atom is 0.410 e. The predicted octanol–water partition coefficient (Wildman–Crippen LogP) is 3.07. The van der Waals surface area contributed by atoms with Crippen LogP contribution < -0.4 is 0 Å². The SMILES string of the molecule is CC(C)(C)OC(=O)N1CC(CCCI)C1. The van der Waals surface area contributed by atoms with Gasteiger partial charge in [0.05, 0.1) is 0 Å². The Morgan fingerprint density at radius 2 is 2.07 bits per heavy atom. The van der Waals surface area contributed by atoms with Crippen molar-refractivity contribution in [1.82, 2.24) is 4.90 Å². The van der Waals surface area contributed by atoms with Crippen LogP contribution in [-0.2, 0) is 4.74 Å². The van der Waals surface area contributed by atoms with E-state index in [9.17, 15) is 4.79 Å². The molecule has 0 bridgehead atoms. The Bertz CT molecular complexity index is 219. The van der Waals surface area contributed by atoms with Gasteiger partial charge in [-0.1, -0.05) is 22.6 Å². The molecule has 1 heterocycles. The second-order valence-corrected chi connectivity index (χ2v) is 6.16. The summed E-state index contributed by atoms with van der Waals surface area (Å²) in [6.45, 7) is 7.46. The van der Waals surface area contributed by atoms with Crippen molar-refractivity contribution in [3.05, 3.63) is 0 Å². The molecule has 88 valence electrons. The zero-order valence-electron chi connectivity index (χ0n) is 9.75. The van der Waals surface area contributed by atoms with Gasteiger partial charge >= 0.3 is 6.09 Å². The van der Waals surface area contributed by atoms with Gasteiger partial charge in [0.25, 0.3) is 0 Å². The van der Waals surface area contributed by atoms with Gasteiger partial charge in [-0.3, -0.25) is 0 Å². The molecule has 1 aliphatic heterocycles. The lowest BCUT2D eigenvalue weighted by Gasteiger charge is -2.39. The summed E-state index contributed by atoms with van der Waals surface area (Å²) in [5.41, 5.74) is -0.371. The summed E-state index contributed by atoms with van der Waals surface area (Å²) in [4.78, 5) is 13.4. The topological polar surface area (TPSA) is 29.5 Å². The maximum absolute atomic E-state index is 11.6. The number of carbonyl (C=O) groups is 1. The second kappa shape index (κ2) is 5.37. The molecular weight excluding hydrogens is 305 g/mol. The lowest BCUT2D eigenvalue weighted by Crippen LogP contribution is -2.51. The number of amides is 1. The van der Waals surface area contributed by atoms with E-state index in [1.807, 2.05) is 20.8 Å². The summed E-state index contributed by atoms with van der Waals surface area (Å²) >= 11 is 2.39. The summed E-state index contributed by atoms with van der Waals surface area (Å²) in [5, 5.41) is 0. The number of ether oxygens (including phenoxy) is 1. The molecule has 1 amide bonds. The Labute approximate surface area is 106 Å². The van der Waals surface area contributed by atoms with Gasteiger partial charge in [-0.25, -0.2) is 4.79 Å². The molecule has 4 heteroatoms. The van der Waals surface area contributed by atoms with Crippen LogP contribution >= 0.6 is 22.6 Å². The standard InChI is InChI=1S/C11H20INO2/c1-11(2,3)15-10(14)13-7-9(8-13)5-4-6-12/h9H,4-8H2,1-3H3. The first-order chi connectivity index (χ1) is 6.92. The Balaban J connectivity index is 2.18. The number of rotatable bonds is 3. The molecule has 1 rings (SSSR count). The van der Waals surface area contributed by atoms with Crippen LogP contribution in [0.1, 0.15) is 33.6 Å². The van der Waals surface area contributed by atoms with Crippen LogP contribution in [-0.4, -0.2) is 34.1 Å². The summed E-state index contributed by atoms with van der Waals surface area (Å²) in [6, 6.07) is 0. The van der Waals surface area contributed by atoms with Crippen molar-refractivity contribution >= 4 is 28.7 Å². The van der Waals surface area contributed by atoms with E-state index in [4.69, 9.17) is 4.74 Å². The number of likely N-dealkylation sites (tertiary alicyclic amines) is 1. The molecular formula is C11H20INO2. The first-order valence-corrected chi connectivity index (χ1v) is 6.99. The quantitative estimate of drug-likeness (QED) is 0.590. The minimum Gasteiger partial charge on any atom is -0.444 e. The zero-order chi connectivity index (χ0) is 11.5. The van der Waals surface area contributed by atoms with E-state index in [2.05, 4.69) is 22.6 Å². The van der Waals surface area contributed by atoms with Gasteiger partial charge in [0.2, 0.25) is 0 Å². The molecule has 0 N–H and O–H groups in total. The molecule has 15 heavy (non-hydrogen) atoms. The average Bonchev–Trinajstić information content (AvgIpc) is 1.98. The van der Waals surface area contributed by atoms with Crippen molar-refractivity contribution < 1.29 is 9.53 Å². The third-order valence-electron chi connectivity index (χ3n) is 2.35. The molecule has 0 saturated carbocycles. The number of alkyl halides is 1. The van der Waals surface area contributed by atoms with Crippen LogP contribution in [0.2, 0.25) is 0 Å². The van der Waals surface area contributed by atoms with Gasteiger partial charge in [0.15, 0.2) is 0 Å². The smallest absolute Gasteiger partial charge is 0.410 e. The van der Waals surface area contributed by atoms with Gasteiger partial charge in [0.1, 0.15) is 5.60 Å². The number of hydrogen-bond donors (Lipinski definition) is 0. The van der Waals surface area contributed by atoms with E-state index < -0.39 is 0 Å². The average molecular weight is 325 g/mol. The molecule has 0 aromatic carbocycles. The molecule has 0 radical (unpaired) electrons. The summed E-state index contributed by atoms with van der Waals surface area (Å²) in [5.74, 6) is 0.701. The van der Waals surface area contributed by atoms with Gasteiger partial charge in [-0.05, 0) is 44.0 Å². The van der Waals surface area contributed by atoms with E-state index in [1.165, 1.54) is 17.3 Å². The lowest BCUT2D eigenvalue weighted by atomic mass is 9.96. The number of hydrogen-bond acceptors (Lipinski definition) is 2. The highest BCUT2D eigenvalue weighted by molar-refractivity contribution is 14.1. The van der Waals surface area contributed by atoms with Gasteiger partial charge in [0, 0.05) is 13.1 Å². The Morgan fingerprint density at radius 1 is 1.47 bits per heavy atom. The Hall–Kier alpha value is 0. The largest absolute Gasteiger partial charge is 0.444 e. The van der Waals surface area contributed by atoms with E-state index in [1.54, 1.807) is 4.90 Å². The summed E-state index contributed by atoms with van der Waals surface area (Å²) < 4.78 is 6.49. The van der Waals surface area contributed by atoms with Crippen molar-refractivity contribution in [1.29, 1.82) is 0 Å². The van der Waals surface area contributed by atoms with Gasteiger partial charge in [-0.15, -0.1) is 0 Å². The van der Waals surface area contributed by atoms with Crippen molar-refractivity contribution in [2.24, 2.45) is 5.92 Å². The minimum absolute atomic E-state index is 0.159. The van der Waals surface area contributed by atoms with Crippen LogP contribution in [0.3, 0.4) is 0 Å². The predicted molar refractivity (Wildman–Crippen MR) is 69.4 cm³/mol. The molecule has 1 aliphatic rings. The van der Waals surface area contributed by atoms with E-state index >= 15 is 0 Å². The monoisotopic (exact) mass is 325 g/mol. The first-order valence-electron chi connectivity index (χ1n) is 5.46. The fraction of sp³-hybridized carbons (Fsp3) is 0.909. The normalized spacial score (nSPS) is 17.5. The van der Waals surface area contributed by atoms with Crippen LogP contribution in [0.4, 0.5) is 4.79 Å². The van der Waals surface area contributed by atoms with Crippen molar-refractivity contribution in [2.75, 3.05) is 17.5 Å². The number of nitrogens with zero attached hydrogens (tertiary/aromatic N) is 1. The summed E-state index contributed by atoms with van der Waals surface area (Å²) in [7, 11) is 0. The molecule has 3 nitrogen and oxygen atoms in total. The number of carbonyl (C=O) groups excluding carboxylic acids is 1. The second-order valence-electron chi connectivity index (χ2n) is 5.08. The molecule has 0 aliphatic carbocycles. The fourth-order valence-electron chi connectivity index (χ4n) is 1.59. The highest BCUT2D eigenvalue weighted by Gasteiger charge is 2.32. The van der Waals surface area contributed by atoms with Gasteiger partial charge < -0.3 is 9.64 Å². The number of halogens is 1. The van der Waals surface area contributed by atoms with E-state index in [0.29, 0.717) is 5.92 Å².